The van der Waals surface area contributed by atoms with E-state index in [-0.39, 0.29) is 22.9 Å². The number of nitrogens with zero attached hydrogens (tertiary/aromatic N) is 1. The first-order chi connectivity index (χ1) is 18.2. The monoisotopic (exact) mass is 600 g/mol. The van der Waals surface area contributed by atoms with Gasteiger partial charge < -0.3 is 27.0 Å². The maximum absolute atomic E-state index is 13.0. The van der Waals surface area contributed by atoms with Gasteiger partial charge in [-0.1, -0.05) is 113 Å². The van der Waals surface area contributed by atoms with Crippen molar-refractivity contribution in [1.29, 1.82) is 0 Å². The van der Waals surface area contributed by atoms with E-state index in [1.807, 2.05) is 42.5 Å². The Morgan fingerprint density at radius 1 is 0.868 bits per heavy atom. The summed E-state index contributed by atoms with van der Waals surface area (Å²) in [6, 6.07) is 15.6. The lowest BCUT2D eigenvalue weighted by Gasteiger charge is -2.13. The van der Waals surface area contributed by atoms with Crippen molar-refractivity contribution >= 4 is 22.9 Å². The van der Waals surface area contributed by atoms with Crippen molar-refractivity contribution in [3.8, 4) is 5.75 Å². The van der Waals surface area contributed by atoms with Gasteiger partial charge in [0.1, 0.15) is 5.75 Å². The number of carbonyl (C=O) groups is 1. The van der Waals surface area contributed by atoms with Crippen LogP contribution in [0.4, 0.5) is 5.69 Å². The Bertz CT molecular complexity index is 1070. The SMILES string of the molecule is CCCCCCCCCCCCCCOc1ccccc1NC(=O)c1cccc(C[n+]2cscc2C)c1.[Br-]. The summed E-state index contributed by atoms with van der Waals surface area (Å²) in [5, 5.41) is 5.18. The van der Waals surface area contributed by atoms with E-state index >= 15 is 0 Å². The van der Waals surface area contributed by atoms with Crippen LogP contribution in [-0.2, 0) is 6.54 Å². The number of aromatic nitrogens is 1. The molecular formula is C32H45BrN2O2S. The van der Waals surface area contributed by atoms with Crippen molar-refractivity contribution in [1.82, 2.24) is 0 Å². The Labute approximate surface area is 244 Å². The predicted molar refractivity (Wildman–Crippen MR) is 156 cm³/mol. The third kappa shape index (κ3) is 11.7. The van der Waals surface area contributed by atoms with E-state index in [2.05, 4.69) is 40.7 Å². The van der Waals surface area contributed by atoms with E-state index in [9.17, 15) is 4.79 Å². The summed E-state index contributed by atoms with van der Waals surface area (Å²) in [5.74, 6) is 0.620. The number of anilines is 1. The number of amides is 1. The molecule has 4 nitrogen and oxygen atoms in total. The predicted octanol–water partition coefficient (Wildman–Crippen LogP) is 5.73. The number of benzene rings is 2. The van der Waals surface area contributed by atoms with Crippen molar-refractivity contribution < 1.29 is 31.1 Å². The van der Waals surface area contributed by atoms with Gasteiger partial charge in [-0.25, -0.2) is 0 Å². The number of ether oxygens (including phenoxy) is 1. The summed E-state index contributed by atoms with van der Waals surface area (Å²) < 4.78 is 8.25. The van der Waals surface area contributed by atoms with Gasteiger partial charge in [0.15, 0.2) is 12.2 Å². The highest BCUT2D eigenvalue weighted by Crippen LogP contribution is 2.25. The lowest BCUT2D eigenvalue weighted by molar-refractivity contribution is -0.689. The summed E-state index contributed by atoms with van der Waals surface area (Å²) >= 11 is 1.69. The van der Waals surface area contributed by atoms with Gasteiger partial charge in [-0.05, 0) is 30.7 Å². The topological polar surface area (TPSA) is 42.2 Å². The number of thiazole rings is 1. The van der Waals surface area contributed by atoms with Gasteiger partial charge in [0.2, 0.25) is 5.51 Å². The summed E-state index contributed by atoms with van der Waals surface area (Å²) in [5.41, 5.74) is 5.81. The number of hydrogen-bond donors (Lipinski definition) is 1. The summed E-state index contributed by atoms with van der Waals surface area (Å²) in [6.45, 7) is 5.81. The molecule has 3 aromatic rings. The molecule has 0 unspecified atom stereocenters. The number of aryl methyl sites for hydroxylation is 1. The molecule has 1 amide bonds. The average Bonchev–Trinajstić information content (AvgIpc) is 3.31. The normalized spacial score (nSPS) is 10.7. The first-order valence-corrected chi connectivity index (χ1v) is 15.2. The smallest absolute Gasteiger partial charge is 0.255 e. The molecule has 3 rings (SSSR count). The number of halogens is 1. The Morgan fingerprint density at radius 3 is 2.18 bits per heavy atom. The molecule has 0 saturated carbocycles. The molecule has 0 atom stereocenters. The molecule has 1 aromatic heterocycles. The van der Waals surface area contributed by atoms with Crippen LogP contribution in [0.15, 0.2) is 59.4 Å². The van der Waals surface area contributed by atoms with E-state index in [0.29, 0.717) is 12.2 Å². The van der Waals surface area contributed by atoms with Gasteiger partial charge in [0.05, 0.1) is 17.7 Å². The molecule has 0 fully saturated rings. The molecule has 0 aliphatic rings. The van der Waals surface area contributed by atoms with Crippen LogP contribution in [-0.4, -0.2) is 12.5 Å². The highest BCUT2D eigenvalue weighted by atomic mass is 79.9. The summed E-state index contributed by atoms with van der Waals surface area (Å²) in [6.07, 6.45) is 15.9. The standard InChI is InChI=1S/C32H44N2O2S.BrH/c1-3-4-5-6-7-8-9-10-11-12-13-16-22-36-31-21-15-14-20-30(31)33-32(35)29-19-17-18-28(23-29)24-34-26-37-25-27(34)2;/h14-15,17-21,23,25-26H,3-13,16,22,24H2,1-2H3;1H. The van der Waals surface area contributed by atoms with Gasteiger partial charge in [-0.15, -0.1) is 0 Å². The number of unbranched alkanes of at least 4 members (excludes halogenated alkanes) is 11. The van der Waals surface area contributed by atoms with E-state index in [1.54, 1.807) is 11.3 Å². The van der Waals surface area contributed by atoms with Crippen molar-refractivity contribution in [3.05, 3.63) is 76.2 Å². The van der Waals surface area contributed by atoms with Gasteiger partial charge in [-0.2, -0.15) is 4.57 Å². The van der Waals surface area contributed by atoms with Crippen LogP contribution < -0.4 is 31.6 Å². The number of para-hydroxylation sites is 2. The zero-order chi connectivity index (χ0) is 26.1. The quantitative estimate of drug-likeness (QED) is 0.150. The third-order valence-corrected chi connectivity index (χ3v) is 7.67. The molecule has 0 bridgehead atoms. The third-order valence-electron chi connectivity index (χ3n) is 6.81. The van der Waals surface area contributed by atoms with Crippen LogP contribution in [0.1, 0.15) is 106 Å². The first kappa shape index (κ1) is 32.0. The lowest BCUT2D eigenvalue weighted by Crippen LogP contribution is -3.00. The van der Waals surface area contributed by atoms with Crippen LogP contribution in [0.25, 0.3) is 0 Å². The van der Waals surface area contributed by atoms with Gasteiger partial charge in [0.25, 0.3) is 5.91 Å². The molecular weight excluding hydrogens is 556 g/mol. The maximum Gasteiger partial charge on any atom is 0.255 e. The zero-order valence-electron chi connectivity index (χ0n) is 23.2. The van der Waals surface area contributed by atoms with E-state index < -0.39 is 0 Å². The molecule has 6 heteroatoms. The number of hydrogen-bond acceptors (Lipinski definition) is 3. The van der Waals surface area contributed by atoms with Gasteiger partial charge in [-0.3, -0.25) is 4.79 Å². The van der Waals surface area contributed by atoms with Gasteiger partial charge >= 0.3 is 0 Å². The molecule has 1 N–H and O–H groups in total. The van der Waals surface area contributed by atoms with E-state index in [4.69, 9.17) is 4.74 Å². The molecule has 1 heterocycles. The largest absolute Gasteiger partial charge is 1.00 e. The average molecular weight is 602 g/mol. The zero-order valence-corrected chi connectivity index (χ0v) is 25.6. The number of rotatable bonds is 18. The summed E-state index contributed by atoms with van der Waals surface area (Å²) in [7, 11) is 0. The minimum absolute atomic E-state index is 0. The second-order valence-corrected chi connectivity index (χ2v) is 10.7. The van der Waals surface area contributed by atoms with Crippen LogP contribution in [0.5, 0.6) is 5.75 Å². The number of carbonyl (C=O) groups excluding carboxylic acids is 1. The molecule has 0 saturated heterocycles. The lowest BCUT2D eigenvalue weighted by atomic mass is 10.1. The molecule has 0 aliphatic carbocycles. The van der Waals surface area contributed by atoms with Gasteiger partial charge in [0, 0.05) is 18.1 Å². The van der Waals surface area contributed by atoms with E-state index in [1.165, 1.54) is 76.3 Å². The van der Waals surface area contributed by atoms with Crippen molar-refractivity contribution in [2.24, 2.45) is 0 Å². The van der Waals surface area contributed by atoms with Crippen LogP contribution >= 0.6 is 11.3 Å². The van der Waals surface area contributed by atoms with Crippen LogP contribution in [0, 0.1) is 6.92 Å². The second-order valence-electron chi connectivity index (χ2n) is 10.0. The van der Waals surface area contributed by atoms with Crippen molar-refractivity contribution in [2.45, 2.75) is 97.4 Å². The Morgan fingerprint density at radius 2 is 1.53 bits per heavy atom. The Kier molecular flexibility index (Phi) is 16.0. The minimum atomic E-state index is -0.115. The first-order valence-electron chi connectivity index (χ1n) is 14.2. The molecule has 0 radical (unpaired) electrons. The summed E-state index contributed by atoms with van der Waals surface area (Å²) in [4.78, 5) is 13.0. The Balaban J connectivity index is 0.00000507. The van der Waals surface area contributed by atoms with Crippen molar-refractivity contribution in [2.75, 3.05) is 11.9 Å². The van der Waals surface area contributed by atoms with Crippen LogP contribution in [0.3, 0.4) is 0 Å². The molecule has 208 valence electrons. The van der Waals surface area contributed by atoms with Crippen LogP contribution in [0.2, 0.25) is 0 Å². The maximum atomic E-state index is 13.0. The molecule has 0 aliphatic heterocycles. The molecule has 2 aromatic carbocycles. The molecule has 0 spiro atoms. The number of nitrogens with one attached hydrogen (secondary N) is 1. The highest BCUT2D eigenvalue weighted by Gasteiger charge is 2.13. The molecule has 38 heavy (non-hydrogen) atoms. The van der Waals surface area contributed by atoms with Crippen molar-refractivity contribution in [3.63, 3.8) is 0 Å². The fourth-order valence-corrected chi connectivity index (χ4v) is 5.32. The van der Waals surface area contributed by atoms with E-state index in [0.717, 1.165) is 30.0 Å². The minimum Gasteiger partial charge on any atom is -1.00 e. The highest BCUT2D eigenvalue weighted by molar-refractivity contribution is 7.07. The fraction of sp³-hybridized carbons (Fsp3) is 0.500. The fourth-order valence-electron chi connectivity index (χ4n) is 4.54. The second kappa shape index (κ2) is 19.0. The Hall–Kier alpha value is -2.18.